The molecule has 3 heterocycles. The van der Waals surface area contributed by atoms with Crippen LogP contribution in [0.2, 0.25) is 0 Å². The molecule has 3 aliphatic heterocycles. The first-order valence-electron chi connectivity index (χ1n) is 8.57. The number of rotatable bonds is 3. The number of piperidine rings is 1. The van der Waals surface area contributed by atoms with Gasteiger partial charge in [0, 0.05) is 19.6 Å². The fraction of sp³-hybridized carbons (Fsp3) is 0.643. The van der Waals surface area contributed by atoms with Crippen LogP contribution in [0.25, 0.3) is 0 Å². The maximum Gasteiger partial charge on any atom is 0.434 e. The summed E-state index contributed by atoms with van der Waals surface area (Å²) in [5.74, 6) is -0.870. The van der Waals surface area contributed by atoms with Gasteiger partial charge in [0.2, 0.25) is 5.96 Å². The predicted octanol–water partition coefficient (Wildman–Crippen LogP) is -0.932. The van der Waals surface area contributed by atoms with E-state index in [9.17, 15) is 24.4 Å². The molecule has 28 heavy (non-hydrogen) atoms. The minimum absolute atomic E-state index is 0.104. The molecule has 5 amide bonds. The van der Waals surface area contributed by atoms with Crippen LogP contribution in [-0.4, -0.2) is 98.2 Å². The second-order valence-corrected chi connectivity index (χ2v) is 6.62. The third kappa shape index (κ3) is 4.07. The van der Waals surface area contributed by atoms with Crippen molar-refractivity contribution in [3.63, 3.8) is 0 Å². The molecule has 0 aromatic rings. The number of carbonyl (C=O) groups excluding carboxylic acids is 2. The summed E-state index contributed by atoms with van der Waals surface area (Å²) >= 11 is 0. The fourth-order valence-corrected chi connectivity index (χ4v) is 3.51. The molecule has 0 unspecified atom stereocenters. The van der Waals surface area contributed by atoms with Crippen molar-refractivity contribution in [2.75, 3.05) is 19.6 Å². The highest BCUT2D eigenvalue weighted by atomic mass is 16.7. The van der Waals surface area contributed by atoms with Gasteiger partial charge in [-0.3, -0.25) is 20.2 Å². The van der Waals surface area contributed by atoms with Gasteiger partial charge in [-0.2, -0.15) is 0 Å². The molecule has 3 rings (SSSR count). The van der Waals surface area contributed by atoms with Crippen LogP contribution in [0.4, 0.5) is 14.4 Å². The van der Waals surface area contributed by atoms with Crippen LogP contribution in [0.3, 0.4) is 0 Å². The number of fused-ring (bicyclic) bond motifs is 2. The van der Waals surface area contributed by atoms with Crippen LogP contribution in [-0.2, 0) is 9.63 Å². The number of nitrogens with zero attached hydrogens (tertiary/aromatic N) is 4. The van der Waals surface area contributed by atoms with Gasteiger partial charge in [0.05, 0.1) is 6.04 Å². The molecule has 3 fully saturated rings. The zero-order valence-electron chi connectivity index (χ0n) is 14.6. The maximum absolute atomic E-state index is 12.4. The lowest BCUT2D eigenvalue weighted by Crippen LogP contribution is -2.50. The number of urea groups is 1. The van der Waals surface area contributed by atoms with Gasteiger partial charge in [0.15, 0.2) is 0 Å². The van der Waals surface area contributed by atoms with Gasteiger partial charge < -0.3 is 20.0 Å². The Labute approximate surface area is 158 Å². The Bertz CT molecular complexity index is 714. The van der Waals surface area contributed by atoms with E-state index in [0.717, 1.165) is 0 Å². The van der Waals surface area contributed by atoms with Crippen LogP contribution in [0.15, 0.2) is 4.99 Å². The van der Waals surface area contributed by atoms with Crippen molar-refractivity contribution in [1.82, 2.24) is 25.7 Å². The predicted molar refractivity (Wildman–Crippen MR) is 88.4 cm³/mol. The summed E-state index contributed by atoms with van der Waals surface area (Å²) < 4.78 is 0. The number of carboxylic acid groups (broad SMARTS) is 2. The normalized spacial score (nSPS) is 27.2. The summed E-state index contributed by atoms with van der Waals surface area (Å²) in [5, 5.41) is 29.7. The molecule has 3 aliphatic rings. The van der Waals surface area contributed by atoms with Crippen molar-refractivity contribution in [2.24, 2.45) is 4.99 Å². The second kappa shape index (κ2) is 7.85. The molecule has 14 heteroatoms. The van der Waals surface area contributed by atoms with Gasteiger partial charge >= 0.3 is 18.2 Å². The number of aliphatic imine (C=N–C) groups is 1. The van der Waals surface area contributed by atoms with Crippen molar-refractivity contribution >= 4 is 30.1 Å². The smallest absolute Gasteiger partial charge is 0.434 e. The summed E-state index contributed by atoms with van der Waals surface area (Å²) in [7, 11) is 0. The SMILES string of the molecule is O=C(O)N=C(NC(=O)O)N1CC[C@H](ONC(=O)[C@@H]2CC[C@@H]3CN2C(=O)N3O)C1. The lowest BCUT2D eigenvalue weighted by molar-refractivity contribution is -0.143. The van der Waals surface area contributed by atoms with E-state index in [1.165, 1.54) is 9.80 Å². The van der Waals surface area contributed by atoms with E-state index in [0.29, 0.717) is 24.3 Å². The average Bonchev–Trinajstić information content (AvgIpc) is 3.19. The van der Waals surface area contributed by atoms with Gasteiger partial charge in [-0.25, -0.2) is 24.9 Å². The number of likely N-dealkylation sites (tertiary alicyclic amines) is 1. The molecule has 0 aliphatic carbocycles. The Balaban J connectivity index is 1.52. The summed E-state index contributed by atoms with van der Waals surface area (Å²) in [6.45, 7) is 0.634. The highest BCUT2D eigenvalue weighted by Gasteiger charge is 2.47. The molecule has 0 aromatic heterocycles. The van der Waals surface area contributed by atoms with Crippen LogP contribution in [0.5, 0.6) is 0 Å². The number of nitrogens with one attached hydrogen (secondary N) is 2. The number of amides is 5. The molecule has 0 radical (unpaired) electrons. The molecule has 0 aromatic carbocycles. The van der Waals surface area contributed by atoms with E-state index >= 15 is 0 Å². The second-order valence-electron chi connectivity index (χ2n) is 6.62. The molecular formula is C14H20N6O8. The number of hydrogen-bond acceptors (Lipinski definition) is 6. The average molecular weight is 400 g/mol. The highest BCUT2D eigenvalue weighted by molar-refractivity contribution is 5.98. The quantitative estimate of drug-likeness (QED) is 0.173. The third-order valence-corrected chi connectivity index (χ3v) is 4.84. The van der Waals surface area contributed by atoms with Gasteiger partial charge in [-0.05, 0) is 19.3 Å². The van der Waals surface area contributed by atoms with Crippen LogP contribution in [0.1, 0.15) is 19.3 Å². The first-order valence-corrected chi connectivity index (χ1v) is 8.57. The molecule has 5 N–H and O–H groups in total. The van der Waals surface area contributed by atoms with Crippen molar-refractivity contribution in [3.8, 4) is 0 Å². The highest BCUT2D eigenvalue weighted by Crippen LogP contribution is 2.28. The summed E-state index contributed by atoms with van der Waals surface area (Å²) in [6, 6.07) is -1.69. The number of carbonyl (C=O) groups is 4. The summed E-state index contributed by atoms with van der Waals surface area (Å²) in [6.07, 6.45) is -2.27. The van der Waals surface area contributed by atoms with Crippen molar-refractivity contribution in [3.05, 3.63) is 0 Å². The number of hydroxylamine groups is 3. The molecule has 154 valence electrons. The van der Waals surface area contributed by atoms with E-state index in [1.54, 1.807) is 0 Å². The zero-order valence-corrected chi connectivity index (χ0v) is 14.6. The minimum Gasteiger partial charge on any atom is -0.465 e. The van der Waals surface area contributed by atoms with Gasteiger partial charge in [0.1, 0.15) is 12.1 Å². The van der Waals surface area contributed by atoms with E-state index in [2.05, 4.69) is 10.5 Å². The molecule has 0 spiro atoms. The largest absolute Gasteiger partial charge is 0.465 e. The third-order valence-electron chi connectivity index (χ3n) is 4.84. The molecule has 14 nitrogen and oxygen atoms in total. The Morgan fingerprint density at radius 3 is 2.57 bits per heavy atom. The van der Waals surface area contributed by atoms with E-state index in [1.807, 2.05) is 5.32 Å². The lowest BCUT2D eigenvalue weighted by Gasteiger charge is -2.29. The molecule has 2 bridgehead atoms. The maximum atomic E-state index is 12.4. The molecule has 3 saturated heterocycles. The summed E-state index contributed by atoms with van der Waals surface area (Å²) in [4.78, 5) is 57.0. The molecule has 0 saturated carbocycles. The summed E-state index contributed by atoms with van der Waals surface area (Å²) in [5.41, 5.74) is 2.30. The number of guanidine groups is 1. The lowest BCUT2D eigenvalue weighted by atomic mass is 10.0. The topological polar surface area (TPSA) is 184 Å². The Hall–Kier alpha value is -3.13. The fourth-order valence-electron chi connectivity index (χ4n) is 3.51. The minimum atomic E-state index is -1.55. The van der Waals surface area contributed by atoms with Crippen LogP contribution < -0.4 is 10.8 Å². The van der Waals surface area contributed by atoms with E-state index < -0.39 is 36.3 Å². The van der Waals surface area contributed by atoms with Gasteiger partial charge in [0.25, 0.3) is 5.91 Å². The van der Waals surface area contributed by atoms with Gasteiger partial charge in [-0.1, -0.05) is 0 Å². The molecule has 3 atom stereocenters. The van der Waals surface area contributed by atoms with Crippen molar-refractivity contribution in [2.45, 2.75) is 37.5 Å². The standard InChI is InChI=1S/C14H20N6O8/c21-10(9-2-1-7-5-19(9)14(26)20(7)27)17-28-8-3-4-18(6-8)11(15-12(22)23)16-13(24)25/h7-9,27H,1-6H2,(H,15,16)(H,17,21)(H,22,23)(H,24,25)/t7-,8+,9+/m1/s1. The van der Waals surface area contributed by atoms with Crippen LogP contribution >= 0.6 is 0 Å². The van der Waals surface area contributed by atoms with E-state index in [-0.39, 0.29) is 31.6 Å². The Morgan fingerprint density at radius 1 is 1.14 bits per heavy atom. The Morgan fingerprint density at radius 2 is 1.89 bits per heavy atom. The van der Waals surface area contributed by atoms with Crippen molar-refractivity contribution in [1.29, 1.82) is 0 Å². The Kier molecular flexibility index (Phi) is 5.51. The first kappa shape index (κ1) is 19.6. The first-order chi connectivity index (χ1) is 13.3. The molecular weight excluding hydrogens is 380 g/mol. The van der Waals surface area contributed by atoms with Crippen LogP contribution in [0, 0.1) is 0 Å². The zero-order chi connectivity index (χ0) is 20.4. The number of hydrogen-bond donors (Lipinski definition) is 5. The van der Waals surface area contributed by atoms with Crippen molar-refractivity contribution < 1.29 is 39.4 Å². The monoisotopic (exact) mass is 400 g/mol. The van der Waals surface area contributed by atoms with E-state index in [4.69, 9.17) is 15.1 Å². The van der Waals surface area contributed by atoms with Gasteiger partial charge in [-0.15, -0.1) is 4.99 Å².